The molecule has 26 heavy (non-hydrogen) atoms. The van der Waals surface area contributed by atoms with Gasteiger partial charge in [0.1, 0.15) is 0 Å². The molecule has 1 fully saturated rings. The van der Waals surface area contributed by atoms with Crippen LogP contribution in [0.2, 0.25) is 0 Å². The topological polar surface area (TPSA) is 83.8 Å². The molecular formula is C19H19N3O4. The lowest BCUT2D eigenvalue weighted by molar-refractivity contribution is -0.385. The molecule has 7 heteroatoms. The number of aldehydes is 1. The van der Waals surface area contributed by atoms with E-state index in [9.17, 15) is 19.7 Å². The monoisotopic (exact) mass is 353 g/mol. The maximum Gasteiger partial charge on any atom is 0.280 e. The molecule has 0 N–H and O–H groups in total. The number of nitrogens with zero attached hydrogens (tertiary/aromatic N) is 3. The minimum atomic E-state index is -0.555. The zero-order valence-electron chi connectivity index (χ0n) is 14.2. The van der Waals surface area contributed by atoms with Crippen LogP contribution >= 0.6 is 0 Å². The van der Waals surface area contributed by atoms with E-state index in [1.54, 1.807) is 12.1 Å². The highest BCUT2D eigenvalue weighted by Gasteiger charge is 2.21. The number of nitro groups is 1. The van der Waals surface area contributed by atoms with Gasteiger partial charge in [-0.1, -0.05) is 30.3 Å². The Hall–Kier alpha value is -3.06. The second kappa shape index (κ2) is 7.88. The number of benzene rings is 2. The Bertz CT molecular complexity index is 815. The lowest BCUT2D eigenvalue weighted by Gasteiger charge is -2.35. The van der Waals surface area contributed by atoms with Crippen LogP contribution in [0.3, 0.4) is 0 Å². The Morgan fingerprint density at radius 1 is 1.08 bits per heavy atom. The summed E-state index contributed by atoms with van der Waals surface area (Å²) in [6, 6.07) is 13.8. The Balaban J connectivity index is 1.61. The van der Waals surface area contributed by atoms with Gasteiger partial charge < -0.3 is 4.90 Å². The first kappa shape index (κ1) is 17.8. The van der Waals surface area contributed by atoms with Crippen LogP contribution in [0.25, 0.3) is 0 Å². The SMILES string of the molecule is O=Cc1cc(N2CCN(CC(=O)c3ccccc3)CC2)ccc1[N+](=O)[O-]. The summed E-state index contributed by atoms with van der Waals surface area (Å²) in [4.78, 5) is 37.9. The standard InChI is InChI=1S/C19H19N3O4/c23-14-16-12-17(6-7-18(16)22(25)26)21-10-8-20(9-11-21)13-19(24)15-4-2-1-3-5-15/h1-7,12,14H,8-11,13H2. The predicted octanol–water partition coefficient (Wildman–Crippen LogP) is 2.41. The Kier molecular flexibility index (Phi) is 5.38. The van der Waals surface area contributed by atoms with E-state index in [0.717, 1.165) is 5.69 Å². The predicted molar refractivity (Wildman–Crippen MR) is 97.9 cm³/mol. The first-order valence-corrected chi connectivity index (χ1v) is 8.37. The molecule has 1 aliphatic heterocycles. The highest BCUT2D eigenvalue weighted by atomic mass is 16.6. The van der Waals surface area contributed by atoms with E-state index in [1.165, 1.54) is 6.07 Å². The second-order valence-corrected chi connectivity index (χ2v) is 6.17. The lowest BCUT2D eigenvalue weighted by atomic mass is 10.1. The average Bonchev–Trinajstić information content (AvgIpc) is 2.68. The van der Waals surface area contributed by atoms with Crippen molar-refractivity contribution >= 4 is 23.4 Å². The van der Waals surface area contributed by atoms with Crippen LogP contribution in [0.15, 0.2) is 48.5 Å². The molecule has 0 aromatic heterocycles. The smallest absolute Gasteiger partial charge is 0.280 e. The van der Waals surface area contributed by atoms with Crippen molar-refractivity contribution in [3.63, 3.8) is 0 Å². The number of ketones is 1. The van der Waals surface area contributed by atoms with Gasteiger partial charge in [-0.05, 0) is 12.1 Å². The minimum absolute atomic E-state index is 0.0779. The third-order valence-corrected chi connectivity index (χ3v) is 4.54. The van der Waals surface area contributed by atoms with E-state index >= 15 is 0 Å². The lowest BCUT2D eigenvalue weighted by Crippen LogP contribution is -2.48. The van der Waals surface area contributed by atoms with Crippen LogP contribution in [0.1, 0.15) is 20.7 Å². The maximum atomic E-state index is 12.3. The van der Waals surface area contributed by atoms with Gasteiger partial charge in [-0.25, -0.2) is 0 Å². The van der Waals surface area contributed by atoms with Crippen LogP contribution in [0, 0.1) is 10.1 Å². The summed E-state index contributed by atoms with van der Waals surface area (Å²) in [5.74, 6) is 0.0950. The molecule has 0 amide bonds. The van der Waals surface area contributed by atoms with E-state index in [4.69, 9.17) is 0 Å². The molecule has 7 nitrogen and oxygen atoms in total. The van der Waals surface area contributed by atoms with Gasteiger partial charge in [-0.15, -0.1) is 0 Å². The fourth-order valence-corrected chi connectivity index (χ4v) is 3.08. The molecule has 0 atom stereocenters. The quantitative estimate of drug-likeness (QED) is 0.343. The molecule has 0 saturated carbocycles. The Morgan fingerprint density at radius 3 is 2.38 bits per heavy atom. The van der Waals surface area contributed by atoms with Gasteiger partial charge in [-0.3, -0.25) is 24.6 Å². The van der Waals surface area contributed by atoms with Crippen LogP contribution in [-0.4, -0.2) is 54.6 Å². The van der Waals surface area contributed by atoms with Crippen LogP contribution in [0.5, 0.6) is 0 Å². The van der Waals surface area contributed by atoms with E-state index in [1.807, 2.05) is 30.3 Å². The van der Waals surface area contributed by atoms with Crippen molar-refractivity contribution < 1.29 is 14.5 Å². The van der Waals surface area contributed by atoms with Crippen molar-refractivity contribution in [3.8, 4) is 0 Å². The zero-order chi connectivity index (χ0) is 18.5. The van der Waals surface area contributed by atoms with Crippen molar-refractivity contribution in [3.05, 3.63) is 69.8 Å². The summed E-state index contributed by atoms with van der Waals surface area (Å²) in [6.45, 7) is 3.19. The van der Waals surface area contributed by atoms with Crippen LogP contribution < -0.4 is 4.90 Å². The first-order valence-electron chi connectivity index (χ1n) is 8.37. The molecule has 0 unspecified atom stereocenters. The minimum Gasteiger partial charge on any atom is -0.369 e. The summed E-state index contributed by atoms with van der Waals surface area (Å²) in [7, 11) is 0. The Morgan fingerprint density at radius 2 is 1.77 bits per heavy atom. The molecule has 134 valence electrons. The highest BCUT2D eigenvalue weighted by Crippen LogP contribution is 2.24. The molecule has 1 aliphatic rings. The van der Waals surface area contributed by atoms with Gasteiger partial charge in [0.2, 0.25) is 0 Å². The van der Waals surface area contributed by atoms with Gasteiger partial charge in [0.25, 0.3) is 5.69 Å². The molecule has 1 saturated heterocycles. The maximum absolute atomic E-state index is 12.3. The van der Waals surface area contributed by atoms with Gasteiger partial charge in [0.15, 0.2) is 12.1 Å². The molecule has 2 aromatic rings. The number of hydrogen-bond acceptors (Lipinski definition) is 6. The molecule has 0 aliphatic carbocycles. The van der Waals surface area contributed by atoms with E-state index in [2.05, 4.69) is 9.80 Å². The molecule has 2 aromatic carbocycles. The number of anilines is 1. The summed E-state index contributed by atoms with van der Waals surface area (Å²) in [6.07, 6.45) is 0.510. The number of Topliss-reactive ketones (excluding diaryl/α,β-unsaturated/α-hetero) is 1. The first-order chi connectivity index (χ1) is 12.6. The van der Waals surface area contributed by atoms with E-state index < -0.39 is 4.92 Å². The number of rotatable bonds is 6. The molecule has 1 heterocycles. The van der Waals surface area contributed by atoms with Gasteiger partial charge in [0, 0.05) is 43.5 Å². The molecule has 0 bridgehead atoms. The molecule has 0 radical (unpaired) electrons. The zero-order valence-corrected chi connectivity index (χ0v) is 14.2. The van der Waals surface area contributed by atoms with Crippen molar-refractivity contribution in [1.82, 2.24) is 4.90 Å². The Labute approximate surface area is 151 Å². The number of carbonyl (C=O) groups excluding carboxylic acids is 2. The molecule has 0 spiro atoms. The van der Waals surface area contributed by atoms with E-state index in [0.29, 0.717) is 44.6 Å². The summed E-state index contributed by atoms with van der Waals surface area (Å²) < 4.78 is 0. The number of nitro benzene ring substituents is 1. The summed E-state index contributed by atoms with van der Waals surface area (Å²) >= 11 is 0. The average molecular weight is 353 g/mol. The van der Waals surface area contributed by atoms with Gasteiger partial charge >= 0.3 is 0 Å². The van der Waals surface area contributed by atoms with E-state index in [-0.39, 0.29) is 17.0 Å². The summed E-state index contributed by atoms with van der Waals surface area (Å²) in [5.41, 5.74) is 1.39. The van der Waals surface area contributed by atoms with Crippen LogP contribution in [-0.2, 0) is 0 Å². The highest BCUT2D eigenvalue weighted by molar-refractivity contribution is 5.97. The van der Waals surface area contributed by atoms with Crippen molar-refractivity contribution in [2.45, 2.75) is 0 Å². The number of piperazine rings is 1. The third kappa shape index (κ3) is 3.94. The van der Waals surface area contributed by atoms with Crippen molar-refractivity contribution in [1.29, 1.82) is 0 Å². The molecule has 3 rings (SSSR count). The van der Waals surface area contributed by atoms with Gasteiger partial charge in [-0.2, -0.15) is 0 Å². The number of hydrogen-bond donors (Lipinski definition) is 0. The van der Waals surface area contributed by atoms with Crippen molar-refractivity contribution in [2.24, 2.45) is 0 Å². The fraction of sp³-hybridized carbons (Fsp3) is 0.263. The molecular weight excluding hydrogens is 334 g/mol. The fourth-order valence-electron chi connectivity index (χ4n) is 3.08. The van der Waals surface area contributed by atoms with Gasteiger partial charge in [0.05, 0.1) is 17.0 Å². The summed E-state index contributed by atoms with van der Waals surface area (Å²) in [5, 5.41) is 10.9. The van der Waals surface area contributed by atoms with Crippen molar-refractivity contribution in [2.75, 3.05) is 37.6 Å². The largest absolute Gasteiger partial charge is 0.369 e. The van der Waals surface area contributed by atoms with Crippen LogP contribution in [0.4, 0.5) is 11.4 Å². The normalized spacial score (nSPS) is 14.8. The third-order valence-electron chi connectivity index (χ3n) is 4.54. The second-order valence-electron chi connectivity index (χ2n) is 6.17. The number of carbonyl (C=O) groups is 2.